The van der Waals surface area contributed by atoms with Gasteiger partial charge < -0.3 is 15.0 Å². The van der Waals surface area contributed by atoms with Gasteiger partial charge in [0.2, 0.25) is 0 Å². The minimum atomic E-state index is -2.82. The molecule has 0 amide bonds. The molecule has 1 aliphatic heterocycles. The lowest BCUT2D eigenvalue weighted by molar-refractivity contribution is -0.0505. The summed E-state index contributed by atoms with van der Waals surface area (Å²) in [5.74, 6) is 0.791. The van der Waals surface area contributed by atoms with E-state index in [-0.39, 0.29) is 5.75 Å². The third-order valence-corrected chi connectivity index (χ3v) is 3.71. The van der Waals surface area contributed by atoms with Gasteiger partial charge in [0.15, 0.2) is 0 Å². The number of ether oxygens (including phenoxy) is 1. The van der Waals surface area contributed by atoms with Crippen LogP contribution in [0.15, 0.2) is 18.2 Å². The number of nitrogens with zero attached hydrogens (tertiary/aromatic N) is 1. The SMILES string of the molecule is CN1CCC(CNCc2cc(Cl)ccc2OC(F)F)C1. The van der Waals surface area contributed by atoms with E-state index in [1.807, 2.05) is 0 Å². The molecule has 1 fully saturated rings. The van der Waals surface area contributed by atoms with Crippen molar-refractivity contribution in [2.24, 2.45) is 5.92 Å². The van der Waals surface area contributed by atoms with Gasteiger partial charge in [0, 0.05) is 23.7 Å². The summed E-state index contributed by atoms with van der Waals surface area (Å²) in [6.45, 7) is 0.707. The standard InChI is InChI=1S/C14H19ClF2N2O/c1-19-5-4-10(9-19)7-18-8-11-6-12(15)2-3-13(11)20-14(16)17/h2-3,6,10,14,18H,4-5,7-9H2,1H3. The molecule has 2 rings (SSSR count). The minimum absolute atomic E-state index is 0.181. The molecule has 1 N–H and O–H groups in total. The lowest BCUT2D eigenvalue weighted by Gasteiger charge is -2.14. The molecule has 0 aliphatic carbocycles. The third-order valence-electron chi connectivity index (χ3n) is 3.48. The van der Waals surface area contributed by atoms with Crippen molar-refractivity contribution in [1.29, 1.82) is 0 Å². The van der Waals surface area contributed by atoms with Crippen LogP contribution >= 0.6 is 11.6 Å². The van der Waals surface area contributed by atoms with Crippen molar-refractivity contribution >= 4 is 11.6 Å². The maximum Gasteiger partial charge on any atom is 0.387 e. The van der Waals surface area contributed by atoms with Crippen molar-refractivity contribution in [3.63, 3.8) is 0 Å². The first kappa shape index (κ1) is 15.5. The van der Waals surface area contributed by atoms with Crippen molar-refractivity contribution in [2.45, 2.75) is 19.6 Å². The van der Waals surface area contributed by atoms with Gasteiger partial charge in [0.1, 0.15) is 5.75 Å². The monoisotopic (exact) mass is 304 g/mol. The summed E-state index contributed by atoms with van der Waals surface area (Å²) in [5, 5.41) is 3.81. The number of alkyl halides is 2. The molecule has 6 heteroatoms. The first-order chi connectivity index (χ1) is 9.54. The summed E-state index contributed by atoms with van der Waals surface area (Å²) < 4.78 is 29.2. The van der Waals surface area contributed by atoms with E-state index >= 15 is 0 Å². The Balaban J connectivity index is 1.89. The quantitative estimate of drug-likeness (QED) is 0.874. The molecule has 1 heterocycles. The summed E-state index contributed by atoms with van der Waals surface area (Å²) >= 11 is 5.90. The van der Waals surface area contributed by atoms with Gasteiger partial charge in [-0.05, 0) is 50.7 Å². The molecule has 3 nitrogen and oxygen atoms in total. The Labute approximate surface area is 122 Å². The Morgan fingerprint density at radius 2 is 2.30 bits per heavy atom. The molecule has 1 unspecified atom stereocenters. The van der Waals surface area contributed by atoms with Gasteiger partial charge in [-0.15, -0.1) is 0 Å². The number of nitrogens with one attached hydrogen (secondary N) is 1. The average Bonchev–Trinajstić information content (AvgIpc) is 2.78. The fourth-order valence-electron chi connectivity index (χ4n) is 2.50. The van der Waals surface area contributed by atoms with Crippen LogP contribution in [0.3, 0.4) is 0 Å². The molecule has 0 spiro atoms. The Morgan fingerprint density at radius 1 is 1.50 bits per heavy atom. The van der Waals surface area contributed by atoms with Gasteiger partial charge in [-0.2, -0.15) is 8.78 Å². The van der Waals surface area contributed by atoms with E-state index in [1.165, 1.54) is 12.5 Å². The molecule has 1 aromatic rings. The van der Waals surface area contributed by atoms with Crippen molar-refractivity contribution in [1.82, 2.24) is 10.2 Å². The molecule has 0 aromatic heterocycles. The van der Waals surface area contributed by atoms with Crippen LogP contribution in [0.25, 0.3) is 0 Å². The average molecular weight is 305 g/mol. The highest BCUT2D eigenvalue weighted by atomic mass is 35.5. The number of hydrogen-bond donors (Lipinski definition) is 1. The third kappa shape index (κ3) is 4.58. The highest BCUT2D eigenvalue weighted by molar-refractivity contribution is 6.30. The predicted octanol–water partition coefficient (Wildman–Crippen LogP) is 2.98. The van der Waals surface area contributed by atoms with Crippen LogP contribution < -0.4 is 10.1 Å². The highest BCUT2D eigenvalue weighted by Crippen LogP contribution is 2.24. The number of benzene rings is 1. The van der Waals surface area contributed by atoms with Crippen molar-refractivity contribution < 1.29 is 13.5 Å². The van der Waals surface area contributed by atoms with Crippen LogP contribution in [0.2, 0.25) is 5.02 Å². The molecule has 0 radical (unpaired) electrons. The van der Waals surface area contributed by atoms with Gasteiger partial charge in [0.05, 0.1) is 0 Å². The molecule has 0 bridgehead atoms. The second-order valence-electron chi connectivity index (χ2n) is 5.18. The Hall–Kier alpha value is -0.910. The van der Waals surface area contributed by atoms with Gasteiger partial charge >= 0.3 is 6.61 Å². The molecular weight excluding hydrogens is 286 g/mol. The van der Waals surface area contributed by atoms with Crippen LogP contribution in [0.4, 0.5) is 8.78 Å². The zero-order valence-corrected chi connectivity index (χ0v) is 12.2. The van der Waals surface area contributed by atoms with Crippen LogP contribution in [-0.2, 0) is 6.54 Å². The predicted molar refractivity (Wildman–Crippen MR) is 75.4 cm³/mol. The zero-order chi connectivity index (χ0) is 14.5. The van der Waals surface area contributed by atoms with E-state index in [0.717, 1.165) is 19.6 Å². The minimum Gasteiger partial charge on any atom is -0.434 e. The van der Waals surface area contributed by atoms with E-state index in [4.69, 9.17) is 11.6 Å². The fourth-order valence-corrected chi connectivity index (χ4v) is 2.70. The summed E-state index contributed by atoms with van der Waals surface area (Å²) in [5.41, 5.74) is 0.657. The molecule has 112 valence electrons. The van der Waals surface area contributed by atoms with Crippen LogP contribution in [0.1, 0.15) is 12.0 Å². The van der Waals surface area contributed by atoms with Gasteiger partial charge in [-0.25, -0.2) is 0 Å². The molecular formula is C14H19ClF2N2O. The molecule has 1 atom stereocenters. The summed E-state index contributed by atoms with van der Waals surface area (Å²) in [7, 11) is 2.10. The maximum atomic E-state index is 12.3. The normalized spacial score (nSPS) is 19.8. The topological polar surface area (TPSA) is 24.5 Å². The Bertz CT molecular complexity index is 445. The Kier molecular flexibility index (Phi) is 5.57. The second kappa shape index (κ2) is 7.20. The van der Waals surface area contributed by atoms with Crippen LogP contribution in [0.5, 0.6) is 5.75 Å². The van der Waals surface area contributed by atoms with E-state index < -0.39 is 6.61 Å². The number of rotatable bonds is 6. The molecule has 1 aliphatic rings. The first-order valence-corrected chi connectivity index (χ1v) is 7.05. The summed E-state index contributed by atoms with van der Waals surface area (Å²) in [4.78, 5) is 2.29. The molecule has 20 heavy (non-hydrogen) atoms. The van der Waals surface area contributed by atoms with E-state index in [9.17, 15) is 8.78 Å². The fraction of sp³-hybridized carbons (Fsp3) is 0.571. The van der Waals surface area contributed by atoms with Crippen LogP contribution in [-0.4, -0.2) is 38.2 Å². The molecule has 1 aromatic carbocycles. The zero-order valence-electron chi connectivity index (χ0n) is 11.4. The van der Waals surface area contributed by atoms with E-state index in [1.54, 1.807) is 12.1 Å². The lowest BCUT2D eigenvalue weighted by Crippen LogP contribution is -2.25. The smallest absolute Gasteiger partial charge is 0.387 e. The van der Waals surface area contributed by atoms with Gasteiger partial charge in [-0.3, -0.25) is 0 Å². The number of halogens is 3. The van der Waals surface area contributed by atoms with E-state index in [2.05, 4.69) is 22.0 Å². The lowest BCUT2D eigenvalue weighted by atomic mass is 10.1. The number of likely N-dealkylation sites (tertiary alicyclic amines) is 1. The highest BCUT2D eigenvalue weighted by Gasteiger charge is 2.19. The van der Waals surface area contributed by atoms with Crippen molar-refractivity contribution in [3.05, 3.63) is 28.8 Å². The molecule has 0 saturated carbocycles. The maximum absolute atomic E-state index is 12.3. The van der Waals surface area contributed by atoms with Gasteiger partial charge in [-0.1, -0.05) is 11.6 Å². The Morgan fingerprint density at radius 3 is 2.95 bits per heavy atom. The largest absolute Gasteiger partial charge is 0.434 e. The van der Waals surface area contributed by atoms with Crippen molar-refractivity contribution in [2.75, 3.05) is 26.7 Å². The van der Waals surface area contributed by atoms with Gasteiger partial charge in [0.25, 0.3) is 0 Å². The molecule has 1 saturated heterocycles. The summed E-state index contributed by atoms with van der Waals surface area (Å²) in [6.07, 6.45) is 1.17. The summed E-state index contributed by atoms with van der Waals surface area (Å²) in [6, 6.07) is 4.69. The second-order valence-corrected chi connectivity index (χ2v) is 5.61. The number of hydrogen-bond acceptors (Lipinski definition) is 3. The van der Waals surface area contributed by atoms with E-state index in [0.29, 0.717) is 23.0 Å². The van der Waals surface area contributed by atoms with Crippen LogP contribution in [0, 0.1) is 5.92 Å². The first-order valence-electron chi connectivity index (χ1n) is 6.67. The van der Waals surface area contributed by atoms with Crippen molar-refractivity contribution in [3.8, 4) is 5.75 Å².